The molecule has 166 valence electrons. The van der Waals surface area contributed by atoms with Crippen LogP contribution in [-0.4, -0.2) is 32.4 Å². The average Bonchev–Trinajstić information content (AvgIpc) is 2.71. The molecule has 0 aliphatic carbocycles. The number of benzene rings is 2. The third kappa shape index (κ3) is 8.11. The molecule has 0 radical (unpaired) electrons. The van der Waals surface area contributed by atoms with Crippen molar-refractivity contribution in [1.29, 1.82) is 0 Å². The molecule has 0 aliphatic rings. The van der Waals surface area contributed by atoms with Crippen LogP contribution >= 0.6 is 7.67 Å². The Morgan fingerprint density at radius 3 is 1.80 bits per heavy atom. The smallest absolute Gasteiger partial charge is 0.341 e. The van der Waals surface area contributed by atoms with Gasteiger partial charge < -0.3 is 9.47 Å². The molecule has 0 bridgehead atoms. The Hall–Kier alpha value is -1.85. The summed E-state index contributed by atoms with van der Waals surface area (Å²) in [7, 11) is -3.21. The highest BCUT2D eigenvalue weighted by atomic mass is 31.2. The minimum absolute atomic E-state index is 0.0813. The zero-order valence-electron chi connectivity index (χ0n) is 18.7. The monoisotopic (exact) mass is 434 g/mol. The Balaban J connectivity index is 2.06. The average molecular weight is 435 g/mol. The van der Waals surface area contributed by atoms with Gasteiger partial charge in [0.1, 0.15) is 30.8 Å². The molecule has 0 heterocycles. The molecule has 6 nitrogen and oxygen atoms in total. The number of nitrogens with one attached hydrogen (secondary N) is 2. The Morgan fingerprint density at radius 1 is 0.833 bits per heavy atom. The summed E-state index contributed by atoms with van der Waals surface area (Å²) in [5.41, 5.74) is 1.32. The van der Waals surface area contributed by atoms with E-state index < -0.39 is 13.8 Å². The first kappa shape index (κ1) is 24.4. The molecule has 2 aromatic carbocycles. The third-order valence-corrected chi connectivity index (χ3v) is 6.43. The first-order chi connectivity index (χ1) is 14.3. The van der Waals surface area contributed by atoms with Crippen LogP contribution in [0.2, 0.25) is 0 Å². The molecule has 2 N–H and O–H groups in total. The topological polar surface area (TPSA) is 68.8 Å². The second-order valence-electron chi connectivity index (χ2n) is 8.01. The van der Waals surface area contributed by atoms with Crippen molar-refractivity contribution in [3.63, 3.8) is 0 Å². The summed E-state index contributed by atoms with van der Waals surface area (Å²) in [5.74, 6) is 1.46. The van der Waals surface area contributed by atoms with E-state index in [9.17, 15) is 4.57 Å². The van der Waals surface area contributed by atoms with E-state index in [1.807, 2.05) is 56.3 Å². The Bertz CT molecular complexity index is 781. The van der Waals surface area contributed by atoms with Crippen molar-refractivity contribution >= 4 is 7.67 Å². The maximum absolute atomic E-state index is 13.0. The molecule has 2 aromatic rings. The molecule has 30 heavy (non-hydrogen) atoms. The quantitative estimate of drug-likeness (QED) is 0.450. The van der Waals surface area contributed by atoms with E-state index in [1.165, 1.54) is 5.56 Å². The molecule has 0 fully saturated rings. The number of rotatable bonds is 12. The highest BCUT2D eigenvalue weighted by molar-refractivity contribution is 7.54. The van der Waals surface area contributed by atoms with Crippen molar-refractivity contribution in [2.75, 3.05) is 26.3 Å². The van der Waals surface area contributed by atoms with Crippen molar-refractivity contribution in [1.82, 2.24) is 10.2 Å². The van der Waals surface area contributed by atoms with E-state index in [1.54, 1.807) is 0 Å². The number of hydrogen-bond donors (Lipinski definition) is 2. The summed E-state index contributed by atoms with van der Waals surface area (Å²) in [6.45, 7) is 11.8. The summed E-state index contributed by atoms with van der Waals surface area (Å²) in [4.78, 5) is 0. The van der Waals surface area contributed by atoms with Gasteiger partial charge in [0, 0.05) is 13.1 Å². The summed E-state index contributed by atoms with van der Waals surface area (Å²) >= 11 is 0. The van der Waals surface area contributed by atoms with E-state index in [2.05, 4.69) is 43.1 Å². The van der Waals surface area contributed by atoms with E-state index in [0.29, 0.717) is 13.1 Å². The molecule has 0 aromatic heterocycles. The standard InChI is InChI=1S/C23H35N2O4P/c1-6-24-30(26,25-7-2)29-22(17-27-20-11-9-8-10-12-20)18-28-21-15-13-19(14-16-21)23(3,4)5/h8-16,22H,6-7,17-18H2,1-5H3,(H2,24,25,26). The largest absolute Gasteiger partial charge is 0.491 e. The van der Waals surface area contributed by atoms with Gasteiger partial charge >= 0.3 is 7.67 Å². The predicted molar refractivity (Wildman–Crippen MR) is 122 cm³/mol. The lowest BCUT2D eigenvalue weighted by Crippen LogP contribution is -2.33. The molecule has 0 aliphatic heterocycles. The van der Waals surface area contributed by atoms with Crippen LogP contribution in [0.3, 0.4) is 0 Å². The Kier molecular flexibility index (Phi) is 9.37. The van der Waals surface area contributed by atoms with Crippen LogP contribution in [0.5, 0.6) is 11.5 Å². The van der Waals surface area contributed by atoms with Crippen molar-refractivity contribution in [2.24, 2.45) is 0 Å². The van der Waals surface area contributed by atoms with Gasteiger partial charge in [-0.2, -0.15) is 0 Å². The zero-order valence-corrected chi connectivity index (χ0v) is 19.6. The van der Waals surface area contributed by atoms with Crippen LogP contribution in [0.25, 0.3) is 0 Å². The van der Waals surface area contributed by atoms with Gasteiger partial charge in [0.15, 0.2) is 0 Å². The second-order valence-corrected chi connectivity index (χ2v) is 9.96. The maximum Gasteiger partial charge on any atom is 0.341 e. The van der Waals surface area contributed by atoms with Crippen LogP contribution in [0.1, 0.15) is 40.2 Å². The molecular formula is C23H35N2O4P. The van der Waals surface area contributed by atoms with Crippen LogP contribution in [-0.2, 0) is 14.5 Å². The Labute approximate surface area is 180 Å². The van der Waals surface area contributed by atoms with Gasteiger partial charge in [0.2, 0.25) is 0 Å². The molecule has 1 atom stereocenters. The number of ether oxygens (including phenoxy) is 2. The first-order valence-corrected chi connectivity index (χ1v) is 12.1. The fourth-order valence-electron chi connectivity index (χ4n) is 2.81. The summed E-state index contributed by atoms with van der Waals surface area (Å²) < 4.78 is 30.8. The van der Waals surface area contributed by atoms with Gasteiger partial charge in [-0.3, -0.25) is 9.09 Å². The summed E-state index contributed by atoms with van der Waals surface area (Å²) in [6, 6.07) is 17.5. The molecule has 0 amide bonds. The first-order valence-electron chi connectivity index (χ1n) is 10.5. The molecule has 1 unspecified atom stereocenters. The molecule has 0 spiro atoms. The fraction of sp³-hybridized carbons (Fsp3) is 0.478. The van der Waals surface area contributed by atoms with Crippen molar-refractivity contribution < 1.29 is 18.6 Å². The maximum atomic E-state index is 13.0. The minimum atomic E-state index is -3.21. The number of para-hydroxylation sites is 1. The predicted octanol–water partition coefficient (Wildman–Crippen LogP) is 5.15. The molecular weight excluding hydrogens is 399 g/mol. The SMILES string of the molecule is CCNP(=O)(NCC)OC(COc1ccccc1)COc1ccc(C(C)(C)C)cc1. The molecule has 7 heteroatoms. The highest BCUT2D eigenvalue weighted by Gasteiger charge is 2.27. The molecule has 0 saturated carbocycles. The van der Waals surface area contributed by atoms with Gasteiger partial charge in [-0.15, -0.1) is 0 Å². The molecule has 0 saturated heterocycles. The fourth-order valence-corrected chi connectivity index (χ4v) is 4.45. The minimum Gasteiger partial charge on any atom is -0.491 e. The lowest BCUT2D eigenvalue weighted by molar-refractivity contribution is 0.0797. The lowest BCUT2D eigenvalue weighted by Gasteiger charge is -2.26. The van der Waals surface area contributed by atoms with E-state index in [-0.39, 0.29) is 18.6 Å². The van der Waals surface area contributed by atoms with E-state index in [0.717, 1.165) is 11.5 Å². The van der Waals surface area contributed by atoms with Gasteiger partial charge in [-0.1, -0.05) is 65.0 Å². The summed E-state index contributed by atoms with van der Waals surface area (Å²) in [6.07, 6.45) is -0.531. The highest BCUT2D eigenvalue weighted by Crippen LogP contribution is 2.38. The van der Waals surface area contributed by atoms with Gasteiger partial charge in [-0.25, -0.2) is 10.2 Å². The zero-order chi connectivity index (χ0) is 22.0. The third-order valence-electron chi connectivity index (χ3n) is 4.37. The lowest BCUT2D eigenvalue weighted by atomic mass is 9.87. The second kappa shape index (κ2) is 11.5. The number of hydrogen-bond acceptors (Lipinski definition) is 4. The van der Waals surface area contributed by atoms with Crippen molar-refractivity contribution in [2.45, 2.75) is 46.1 Å². The van der Waals surface area contributed by atoms with E-state index >= 15 is 0 Å². The van der Waals surface area contributed by atoms with Crippen LogP contribution in [0.4, 0.5) is 0 Å². The van der Waals surface area contributed by atoms with Gasteiger partial charge in [0.05, 0.1) is 0 Å². The van der Waals surface area contributed by atoms with Gasteiger partial charge in [0.25, 0.3) is 0 Å². The van der Waals surface area contributed by atoms with Crippen molar-refractivity contribution in [3.05, 3.63) is 60.2 Å². The molecule has 2 rings (SSSR count). The van der Waals surface area contributed by atoms with Gasteiger partial charge in [-0.05, 0) is 35.2 Å². The van der Waals surface area contributed by atoms with Crippen molar-refractivity contribution in [3.8, 4) is 11.5 Å². The van der Waals surface area contributed by atoms with Crippen LogP contribution in [0.15, 0.2) is 54.6 Å². The summed E-state index contributed by atoms with van der Waals surface area (Å²) in [5, 5.41) is 5.84. The van der Waals surface area contributed by atoms with E-state index in [4.69, 9.17) is 14.0 Å². The normalized spacial score (nSPS) is 13.1. The Morgan fingerprint density at radius 2 is 1.33 bits per heavy atom. The van der Waals surface area contributed by atoms with Crippen LogP contribution < -0.4 is 19.6 Å². The van der Waals surface area contributed by atoms with Crippen LogP contribution in [0, 0.1) is 0 Å².